The number of pyridine rings is 1. The number of alkyl halides is 1. The Morgan fingerprint density at radius 3 is 2.79 bits per heavy atom. The lowest BCUT2D eigenvalue weighted by molar-refractivity contribution is 0.358. The Morgan fingerprint density at radius 2 is 2.12 bits per heavy atom. The molecule has 1 aliphatic rings. The molecule has 0 radical (unpaired) electrons. The van der Waals surface area contributed by atoms with Gasteiger partial charge in [0, 0.05) is 36.3 Å². The molecule has 0 spiro atoms. The van der Waals surface area contributed by atoms with E-state index in [4.69, 9.17) is 23.2 Å². The summed E-state index contributed by atoms with van der Waals surface area (Å²) in [6, 6.07) is 5.67. The van der Waals surface area contributed by atoms with E-state index in [1.807, 2.05) is 34.7 Å². The summed E-state index contributed by atoms with van der Waals surface area (Å²) in [4.78, 5) is 10.8. The molecular weight excluding hydrogens is 350 g/mol. The molecule has 0 amide bonds. The second-order valence-electron chi connectivity index (χ2n) is 6.06. The molecule has 3 heterocycles. The molecule has 0 aliphatic carbocycles. The molecule has 1 saturated heterocycles. The quantitative estimate of drug-likeness (QED) is 0.662. The van der Waals surface area contributed by atoms with Gasteiger partial charge < -0.3 is 9.47 Å². The van der Waals surface area contributed by atoms with E-state index in [-0.39, 0.29) is 6.04 Å². The molecular formula is C17H15Cl2FN4. The monoisotopic (exact) mass is 364 g/mol. The third-order valence-corrected chi connectivity index (χ3v) is 5.23. The molecule has 4 nitrogen and oxygen atoms in total. The molecule has 1 aromatic carbocycles. The van der Waals surface area contributed by atoms with Crippen molar-refractivity contribution < 1.29 is 4.39 Å². The number of hydrogen-bond donors (Lipinski definition) is 0. The third-order valence-electron chi connectivity index (χ3n) is 4.44. The predicted octanol–water partition coefficient (Wildman–Crippen LogP) is 4.66. The average molecular weight is 365 g/mol. The lowest BCUT2D eigenvalue weighted by Gasteiger charge is -2.24. The number of hydrogen-bond acceptors (Lipinski definition) is 3. The van der Waals surface area contributed by atoms with Crippen molar-refractivity contribution in [3.05, 3.63) is 47.0 Å². The van der Waals surface area contributed by atoms with Gasteiger partial charge in [0.25, 0.3) is 0 Å². The van der Waals surface area contributed by atoms with Gasteiger partial charge in [0.2, 0.25) is 0 Å². The van der Waals surface area contributed by atoms with E-state index in [1.54, 1.807) is 18.6 Å². The highest BCUT2D eigenvalue weighted by atomic mass is 35.5. The van der Waals surface area contributed by atoms with Crippen molar-refractivity contribution in [1.29, 1.82) is 0 Å². The van der Waals surface area contributed by atoms with Gasteiger partial charge in [-0.1, -0.05) is 23.2 Å². The second-order valence-corrected chi connectivity index (χ2v) is 6.85. The second kappa shape index (κ2) is 5.90. The van der Waals surface area contributed by atoms with E-state index < -0.39 is 6.17 Å². The maximum Gasteiger partial charge on any atom is 0.131 e. The van der Waals surface area contributed by atoms with E-state index in [2.05, 4.69) is 9.97 Å². The van der Waals surface area contributed by atoms with Crippen LogP contribution in [0.3, 0.4) is 0 Å². The van der Waals surface area contributed by atoms with Crippen LogP contribution in [-0.2, 0) is 0 Å². The van der Waals surface area contributed by atoms with Crippen LogP contribution in [0.4, 0.5) is 10.2 Å². The Hall–Kier alpha value is -1.85. The highest BCUT2D eigenvalue weighted by Gasteiger charge is 2.30. The number of imidazole rings is 1. The van der Waals surface area contributed by atoms with Gasteiger partial charge in [0.1, 0.15) is 12.0 Å². The highest BCUT2D eigenvalue weighted by Crippen LogP contribution is 2.36. The summed E-state index contributed by atoms with van der Waals surface area (Å²) in [6.07, 6.45) is 4.94. The van der Waals surface area contributed by atoms with Crippen molar-refractivity contribution in [2.24, 2.45) is 0 Å². The van der Waals surface area contributed by atoms with Gasteiger partial charge in [-0.15, -0.1) is 0 Å². The summed E-state index contributed by atoms with van der Waals surface area (Å²) in [7, 11) is 0. The molecule has 1 fully saturated rings. The molecule has 124 valence electrons. The van der Waals surface area contributed by atoms with Crippen LogP contribution >= 0.6 is 23.2 Å². The minimum absolute atomic E-state index is 0.0820. The summed E-state index contributed by atoms with van der Waals surface area (Å²) in [5.41, 5.74) is 1.50. The van der Waals surface area contributed by atoms with Crippen LogP contribution < -0.4 is 4.90 Å². The molecule has 1 aliphatic heterocycles. The molecule has 2 aromatic heterocycles. The first-order valence-electron chi connectivity index (χ1n) is 7.72. The fourth-order valence-electron chi connectivity index (χ4n) is 3.25. The van der Waals surface area contributed by atoms with Gasteiger partial charge in [0.05, 0.1) is 34.1 Å². The Labute approximate surface area is 148 Å². The SMILES string of the molecule is C[C@@H]1C[C@@H](F)CN1c1cc(-n2ccnc2)c2ccc(Cl)c(Cl)c2n1. The Morgan fingerprint density at radius 1 is 1.29 bits per heavy atom. The smallest absolute Gasteiger partial charge is 0.131 e. The largest absolute Gasteiger partial charge is 0.351 e. The van der Waals surface area contributed by atoms with E-state index >= 15 is 0 Å². The minimum Gasteiger partial charge on any atom is -0.351 e. The van der Waals surface area contributed by atoms with E-state index in [0.29, 0.717) is 34.3 Å². The maximum atomic E-state index is 13.8. The first-order chi connectivity index (χ1) is 11.5. The zero-order valence-corrected chi connectivity index (χ0v) is 14.5. The molecule has 0 saturated carbocycles. The fourth-order valence-corrected chi connectivity index (χ4v) is 3.61. The van der Waals surface area contributed by atoms with Crippen LogP contribution in [0.2, 0.25) is 10.0 Å². The molecule has 4 rings (SSSR count). The Bertz CT molecular complexity index is 897. The van der Waals surface area contributed by atoms with E-state index in [9.17, 15) is 4.39 Å². The van der Waals surface area contributed by atoms with Crippen molar-refractivity contribution >= 4 is 39.9 Å². The van der Waals surface area contributed by atoms with Gasteiger partial charge in [-0.3, -0.25) is 0 Å². The van der Waals surface area contributed by atoms with Crippen molar-refractivity contribution in [3.8, 4) is 5.69 Å². The zero-order chi connectivity index (χ0) is 16.8. The first kappa shape index (κ1) is 15.7. The van der Waals surface area contributed by atoms with Crippen LogP contribution in [-0.4, -0.2) is 33.3 Å². The number of fused-ring (bicyclic) bond motifs is 1. The minimum atomic E-state index is -0.843. The van der Waals surface area contributed by atoms with Crippen LogP contribution in [0.1, 0.15) is 13.3 Å². The van der Waals surface area contributed by atoms with Crippen LogP contribution in [0, 0.1) is 0 Å². The van der Waals surface area contributed by atoms with Gasteiger partial charge in [0.15, 0.2) is 0 Å². The number of anilines is 1. The number of rotatable bonds is 2. The summed E-state index contributed by atoms with van der Waals surface area (Å²) in [5.74, 6) is 0.697. The average Bonchev–Trinajstić information content (AvgIpc) is 3.20. The predicted molar refractivity (Wildman–Crippen MR) is 95.2 cm³/mol. The molecule has 2 atom stereocenters. The number of aromatic nitrogens is 3. The lowest BCUT2D eigenvalue weighted by Crippen LogP contribution is -2.28. The van der Waals surface area contributed by atoms with Crippen molar-refractivity contribution in [2.75, 3.05) is 11.4 Å². The Balaban J connectivity index is 1.97. The maximum absolute atomic E-state index is 13.8. The van der Waals surface area contributed by atoms with Crippen molar-refractivity contribution in [1.82, 2.24) is 14.5 Å². The van der Waals surface area contributed by atoms with Gasteiger partial charge >= 0.3 is 0 Å². The van der Waals surface area contributed by atoms with Gasteiger partial charge in [-0.2, -0.15) is 0 Å². The summed E-state index contributed by atoms with van der Waals surface area (Å²) < 4.78 is 15.7. The summed E-state index contributed by atoms with van der Waals surface area (Å²) in [5, 5.41) is 1.72. The fraction of sp³-hybridized carbons (Fsp3) is 0.294. The number of halogens is 3. The number of benzene rings is 1. The van der Waals surface area contributed by atoms with Crippen LogP contribution in [0.5, 0.6) is 0 Å². The highest BCUT2D eigenvalue weighted by molar-refractivity contribution is 6.45. The third kappa shape index (κ3) is 2.52. The summed E-state index contributed by atoms with van der Waals surface area (Å²) in [6.45, 7) is 2.34. The van der Waals surface area contributed by atoms with E-state index in [0.717, 1.165) is 11.1 Å². The van der Waals surface area contributed by atoms with Gasteiger partial charge in [-0.05, 0) is 19.1 Å². The molecule has 7 heteroatoms. The summed E-state index contributed by atoms with van der Waals surface area (Å²) >= 11 is 12.6. The van der Waals surface area contributed by atoms with Crippen molar-refractivity contribution in [2.45, 2.75) is 25.6 Å². The molecule has 0 unspecified atom stereocenters. The van der Waals surface area contributed by atoms with Gasteiger partial charge in [-0.25, -0.2) is 14.4 Å². The molecule has 0 N–H and O–H groups in total. The van der Waals surface area contributed by atoms with Crippen molar-refractivity contribution in [3.63, 3.8) is 0 Å². The first-order valence-corrected chi connectivity index (χ1v) is 8.48. The zero-order valence-electron chi connectivity index (χ0n) is 13.0. The standard InChI is InChI=1S/C17H15Cl2FN4/c1-10-6-11(20)8-24(10)15-7-14(23-5-4-21-9-23)12-2-3-13(18)16(19)17(12)22-15/h2-5,7,9-11H,6,8H2,1H3/t10-,11-/m1/s1. The van der Waals surface area contributed by atoms with Crippen LogP contribution in [0.15, 0.2) is 36.9 Å². The molecule has 3 aromatic rings. The molecule has 0 bridgehead atoms. The Kier molecular flexibility index (Phi) is 3.85. The van der Waals surface area contributed by atoms with E-state index in [1.165, 1.54) is 0 Å². The normalized spacial score (nSPS) is 20.9. The molecule has 24 heavy (non-hydrogen) atoms. The van der Waals surface area contributed by atoms with Crippen LogP contribution in [0.25, 0.3) is 16.6 Å². The lowest BCUT2D eigenvalue weighted by atomic mass is 10.1. The number of nitrogens with zero attached hydrogens (tertiary/aromatic N) is 4. The topological polar surface area (TPSA) is 34.0 Å².